The van der Waals surface area contributed by atoms with Gasteiger partial charge in [-0.05, 0) is 50.3 Å². The van der Waals surface area contributed by atoms with Gasteiger partial charge in [0.25, 0.3) is 0 Å². The molecule has 2 aliphatic rings. The average Bonchev–Trinajstić information content (AvgIpc) is 2.25. The maximum atomic E-state index is 3.33. The second-order valence-corrected chi connectivity index (χ2v) is 6.28. The smallest absolute Gasteiger partial charge is 0.0193 e. The number of nitrogens with one attached hydrogen (secondary N) is 1. The summed E-state index contributed by atoms with van der Waals surface area (Å²) in [4.78, 5) is 2.65. The molecule has 2 fully saturated rings. The summed E-state index contributed by atoms with van der Waals surface area (Å²) >= 11 is 0. The lowest BCUT2D eigenvalue weighted by molar-refractivity contribution is 0.276. The Morgan fingerprint density at radius 1 is 1.25 bits per heavy atom. The third-order valence-corrected chi connectivity index (χ3v) is 4.17. The molecule has 2 rings (SSSR count). The highest BCUT2D eigenvalue weighted by molar-refractivity contribution is 5.22. The van der Waals surface area contributed by atoms with Gasteiger partial charge in [0.05, 0.1) is 0 Å². The molecule has 0 unspecified atom stereocenters. The normalized spacial score (nSPS) is 26.1. The summed E-state index contributed by atoms with van der Waals surface area (Å²) in [5.41, 5.74) is 3.82. The van der Waals surface area contributed by atoms with Crippen LogP contribution >= 0.6 is 0 Å². The second-order valence-electron chi connectivity index (χ2n) is 6.28. The number of nitrogens with zero attached hydrogens (tertiary/aromatic N) is 1. The van der Waals surface area contributed by atoms with Gasteiger partial charge in [-0.3, -0.25) is 4.90 Å². The van der Waals surface area contributed by atoms with Crippen LogP contribution in [0.1, 0.15) is 40.0 Å². The Morgan fingerprint density at radius 2 is 2.00 bits per heavy atom. The Kier molecular flexibility index (Phi) is 3.70. The van der Waals surface area contributed by atoms with Crippen molar-refractivity contribution >= 4 is 0 Å². The minimum atomic E-state index is 0.563. The number of hydrogen-bond acceptors (Lipinski definition) is 2. The van der Waals surface area contributed by atoms with Crippen molar-refractivity contribution in [3.05, 3.63) is 11.1 Å². The van der Waals surface area contributed by atoms with Crippen molar-refractivity contribution in [3.8, 4) is 0 Å². The van der Waals surface area contributed by atoms with Crippen LogP contribution < -0.4 is 5.32 Å². The Hall–Kier alpha value is -0.340. The first-order valence-corrected chi connectivity index (χ1v) is 6.67. The fraction of sp³-hybridized carbons (Fsp3) is 0.857. The lowest BCUT2D eigenvalue weighted by Crippen LogP contribution is -2.37. The van der Waals surface area contributed by atoms with Gasteiger partial charge < -0.3 is 5.32 Å². The van der Waals surface area contributed by atoms with E-state index in [2.05, 4.69) is 31.0 Å². The van der Waals surface area contributed by atoms with Crippen molar-refractivity contribution in [1.82, 2.24) is 10.2 Å². The maximum absolute atomic E-state index is 3.33. The monoisotopic (exact) mass is 222 g/mol. The zero-order valence-corrected chi connectivity index (χ0v) is 11.1. The molecule has 0 spiro atoms. The molecule has 0 aromatic rings. The molecule has 2 aliphatic heterocycles. The Balaban J connectivity index is 1.86. The lowest BCUT2D eigenvalue weighted by Gasteiger charge is -2.27. The standard InChI is InChI=1S/C14H26N2/c1-12(13-9-15-10-13)11-16-7-4-5-14(2,3)6-8-16/h15H,4-11H2,1-3H3. The minimum absolute atomic E-state index is 0.563. The molecule has 0 bridgehead atoms. The Morgan fingerprint density at radius 3 is 2.62 bits per heavy atom. The lowest BCUT2D eigenvalue weighted by atomic mass is 9.85. The fourth-order valence-corrected chi connectivity index (χ4v) is 2.64. The summed E-state index contributed by atoms with van der Waals surface area (Å²) < 4.78 is 0. The highest BCUT2D eigenvalue weighted by Crippen LogP contribution is 2.30. The quantitative estimate of drug-likeness (QED) is 0.722. The molecule has 0 aromatic carbocycles. The van der Waals surface area contributed by atoms with Crippen LogP contribution in [0.4, 0.5) is 0 Å². The van der Waals surface area contributed by atoms with Crippen LogP contribution in [0.25, 0.3) is 0 Å². The maximum Gasteiger partial charge on any atom is 0.0193 e. The van der Waals surface area contributed by atoms with Gasteiger partial charge in [-0.25, -0.2) is 0 Å². The molecule has 2 heteroatoms. The SMILES string of the molecule is CC(CN1CCCC(C)(C)CC1)=C1CNC1. The molecule has 0 saturated carbocycles. The third kappa shape index (κ3) is 3.08. The van der Waals surface area contributed by atoms with Gasteiger partial charge in [-0.2, -0.15) is 0 Å². The first-order chi connectivity index (χ1) is 7.57. The molecule has 0 aliphatic carbocycles. The summed E-state index contributed by atoms with van der Waals surface area (Å²) in [6.07, 6.45) is 4.11. The van der Waals surface area contributed by atoms with Crippen LogP contribution in [0.2, 0.25) is 0 Å². The molecule has 0 aromatic heterocycles. The minimum Gasteiger partial charge on any atom is -0.309 e. The van der Waals surface area contributed by atoms with Crippen molar-refractivity contribution < 1.29 is 0 Å². The van der Waals surface area contributed by atoms with Crippen LogP contribution in [0.15, 0.2) is 11.1 Å². The summed E-state index contributed by atoms with van der Waals surface area (Å²) in [5, 5.41) is 3.33. The van der Waals surface area contributed by atoms with Crippen LogP contribution in [0, 0.1) is 5.41 Å². The van der Waals surface area contributed by atoms with E-state index in [1.165, 1.54) is 38.9 Å². The van der Waals surface area contributed by atoms with E-state index in [1.807, 2.05) is 0 Å². The van der Waals surface area contributed by atoms with Crippen LogP contribution in [0.5, 0.6) is 0 Å². The van der Waals surface area contributed by atoms with E-state index in [4.69, 9.17) is 0 Å². The highest BCUT2D eigenvalue weighted by atomic mass is 15.1. The molecule has 2 heterocycles. The molecular formula is C14H26N2. The van der Waals surface area contributed by atoms with E-state index in [1.54, 1.807) is 11.1 Å². The molecule has 16 heavy (non-hydrogen) atoms. The molecule has 0 atom stereocenters. The van der Waals surface area contributed by atoms with E-state index >= 15 is 0 Å². The second kappa shape index (κ2) is 4.89. The number of rotatable bonds is 2. The Bertz CT molecular complexity index is 272. The zero-order valence-electron chi connectivity index (χ0n) is 11.1. The fourth-order valence-electron chi connectivity index (χ4n) is 2.64. The third-order valence-electron chi connectivity index (χ3n) is 4.17. The van der Waals surface area contributed by atoms with Gasteiger partial charge in [-0.1, -0.05) is 19.4 Å². The molecule has 1 N–H and O–H groups in total. The van der Waals surface area contributed by atoms with Gasteiger partial charge in [0.1, 0.15) is 0 Å². The molecular weight excluding hydrogens is 196 g/mol. The highest BCUT2D eigenvalue weighted by Gasteiger charge is 2.23. The largest absolute Gasteiger partial charge is 0.309 e. The first kappa shape index (κ1) is 12.1. The average molecular weight is 222 g/mol. The van der Waals surface area contributed by atoms with Gasteiger partial charge in [0.15, 0.2) is 0 Å². The van der Waals surface area contributed by atoms with Crippen molar-refractivity contribution in [2.24, 2.45) is 5.41 Å². The van der Waals surface area contributed by atoms with Crippen LogP contribution in [-0.4, -0.2) is 37.6 Å². The summed E-state index contributed by atoms with van der Waals surface area (Å²) in [6.45, 7) is 13.2. The summed E-state index contributed by atoms with van der Waals surface area (Å²) in [6, 6.07) is 0. The van der Waals surface area contributed by atoms with Crippen molar-refractivity contribution in [3.63, 3.8) is 0 Å². The number of likely N-dealkylation sites (tertiary alicyclic amines) is 1. The van der Waals surface area contributed by atoms with Gasteiger partial charge in [0.2, 0.25) is 0 Å². The number of hydrogen-bond donors (Lipinski definition) is 1. The molecule has 0 radical (unpaired) electrons. The zero-order chi connectivity index (χ0) is 11.6. The van der Waals surface area contributed by atoms with Gasteiger partial charge in [-0.15, -0.1) is 0 Å². The molecule has 2 nitrogen and oxygen atoms in total. The molecule has 92 valence electrons. The van der Waals surface area contributed by atoms with E-state index < -0.39 is 0 Å². The van der Waals surface area contributed by atoms with Gasteiger partial charge in [0, 0.05) is 19.6 Å². The predicted octanol–water partition coefficient (Wildman–Crippen LogP) is 2.42. The van der Waals surface area contributed by atoms with E-state index in [0.29, 0.717) is 5.41 Å². The summed E-state index contributed by atoms with van der Waals surface area (Å²) in [5.74, 6) is 0. The topological polar surface area (TPSA) is 15.3 Å². The van der Waals surface area contributed by atoms with E-state index in [9.17, 15) is 0 Å². The van der Waals surface area contributed by atoms with Gasteiger partial charge >= 0.3 is 0 Å². The van der Waals surface area contributed by atoms with E-state index in [0.717, 1.165) is 13.1 Å². The van der Waals surface area contributed by atoms with Crippen LogP contribution in [0.3, 0.4) is 0 Å². The molecule has 2 saturated heterocycles. The predicted molar refractivity (Wildman–Crippen MR) is 69.6 cm³/mol. The van der Waals surface area contributed by atoms with Crippen molar-refractivity contribution in [2.45, 2.75) is 40.0 Å². The summed E-state index contributed by atoms with van der Waals surface area (Å²) in [7, 11) is 0. The van der Waals surface area contributed by atoms with Crippen molar-refractivity contribution in [1.29, 1.82) is 0 Å². The van der Waals surface area contributed by atoms with E-state index in [-0.39, 0.29) is 0 Å². The Labute approximate surface area is 100 Å². The van der Waals surface area contributed by atoms with Crippen molar-refractivity contribution in [2.75, 3.05) is 32.7 Å². The first-order valence-electron chi connectivity index (χ1n) is 6.67. The molecule has 0 amide bonds. The van der Waals surface area contributed by atoms with Crippen LogP contribution in [-0.2, 0) is 0 Å².